The van der Waals surface area contributed by atoms with Gasteiger partial charge in [-0.1, -0.05) is 18.2 Å². The van der Waals surface area contributed by atoms with E-state index in [1.807, 2.05) is 55.5 Å². The summed E-state index contributed by atoms with van der Waals surface area (Å²) in [6.07, 6.45) is 1.59. The minimum atomic E-state index is -0.264. The molecular weight excluding hydrogens is 340 g/mol. The fourth-order valence-corrected chi connectivity index (χ4v) is 2.56. The van der Waals surface area contributed by atoms with Crippen LogP contribution in [0.1, 0.15) is 23.0 Å². The smallest absolute Gasteiger partial charge is 0.274 e. The summed E-state index contributed by atoms with van der Waals surface area (Å²) >= 11 is 0. The van der Waals surface area contributed by atoms with Gasteiger partial charge in [0.25, 0.3) is 5.91 Å². The van der Waals surface area contributed by atoms with E-state index in [-0.39, 0.29) is 11.8 Å². The van der Waals surface area contributed by atoms with Gasteiger partial charge < -0.3 is 16.0 Å². The number of rotatable bonds is 5. The Kier molecular flexibility index (Phi) is 5.47. The van der Waals surface area contributed by atoms with Gasteiger partial charge in [0, 0.05) is 24.0 Å². The van der Waals surface area contributed by atoms with Crippen LogP contribution in [-0.4, -0.2) is 16.8 Å². The molecule has 0 spiro atoms. The van der Waals surface area contributed by atoms with E-state index in [4.69, 9.17) is 0 Å². The summed E-state index contributed by atoms with van der Waals surface area (Å²) in [7, 11) is 0. The zero-order valence-corrected chi connectivity index (χ0v) is 15.1. The number of carbonyl (C=O) groups excluding carboxylic acids is 2. The van der Waals surface area contributed by atoms with Crippen molar-refractivity contribution in [2.75, 3.05) is 16.0 Å². The average Bonchev–Trinajstić information content (AvgIpc) is 2.62. The number of benzene rings is 2. The van der Waals surface area contributed by atoms with Gasteiger partial charge in [-0.25, -0.2) is 4.98 Å². The third kappa shape index (κ3) is 5.15. The average molecular weight is 360 g/mol. The Morgan fingerprint density at radius 1 is 0.815 bits per heavy atom. The van der Waals surface area contributed by atoms with Crippen molar-refractivity contribution in [2.24, 2.45) is 0 Å². The molecule has 1 heterocycles. The molecule has 136 valence electrons. The number of carbonyl (C=O) groups is 2. The molecule has 6 heteroatoms. The van der Waals surface area contributed by atoms with Crippen molar-refractivity contribution in [3.05, 3.63) is 78.1 Å². The monoisotopic (exact) mass is 360 g/mol. The summed E-state index contributed by atoms with van der Waals surface area (Å²) in [5, 5.41) is 8.76. The highest BCUT2D eigenvalue weighted by Gasteiger charge is 2.08. The molecule has 6 nitrogen and oxygen atoms in total. The van der Waals surface area contributed by atoms with Crippen LogP contribution in [0.25, 0.3) is 0 Å². The minimum Gasteiger partial charge on any atom is -0.354 e. The van der Waals surface area contributed by atoms with Gasteiger partial charge in [-0.15, -0.1) is 0 Å². The number of anilines is 4. The number of hydrogen-bond donors (Lipinski definition) is 3. The lowest BCUT2D eigenvalue weighted by molar-refractivity contribution is -0.114. The lowest BCUT2D eigenvalue weighted by atomic mass is 10.2. The van der Waals surface area contributed by atoms with Crippen LogP contribution in [0.5, 0.6) is 0 Å². The van der Waals surface area contributed by atoms with Gasteiger partial charge in [0.1, 0.15) is 5.69 Å². The molecule has 0 aliphatic heterocycles. The Morgan fingerprint density at radius 3 is 2.19 bits per heavy atom. The van der Waals surface area contributed by atoms with E-state index in [2.05, 4.69) is 20.9 Å². The molecule has 0 unspecified atom stereocenters. The molecule has 3 rings (SSSR count). The van der Waals surface area contributed by atoms with Crippen LogP contribution in [0.15, 0.2) is 66.9 Å². The SMILES string of the molecule is CC(=O)Nc1cccc(Nc2ccc(C(=O)Nc3cccc(C)c3)nc2)c1. The first-order chi connectivity index (χ1) is 13.0. The van der Waals surface area contributed by atoms with Crippen LogP contribution in [0.3, 0.4) is 0 Å². The second kappa shape index (κ2) is 8.14. The first-order valence-electron chi connectivity index (χ1n) is 8.48. The molecule has 0 bridgehead atoms. The number of aromatic nitrogens is 1. The summed E-state index contributed by atoms with van der Waals surface area (Å²) in [6, 6.07) is 18.4. The first kappa shape index (κ1) is 18.1. The van der Waals surface area contributed by atoms with E-state index >= 15 is 0 Å². The first-order valence-corrected chi connectivity index (χ1v) is 8.48. The zero-order chi connectivity index (χ0) is 19.2. The third-order valence-corrected chi connectivity index (χ3v) is 3.74. The number of hydrogen-bond acceptors (Lipinski definition) is 4. The molecule has 0 aliphatic rings. The number of aryl methyl sites for hydroxylation is 1. The van der Waals surface area contributed by atoms with Crippen molar-refractivity contribution >= 4 is 34.6 Å². The van der Waals surface area contributed by atoms with Gasteiger partial charge in [0.05, 0.1) is 11.9 Å². The Balaban J connectivity index is 1.66. The molecule has 2 aromatic carbocycles. The van der Waals surface area contributed by atoms with Crippen LogP contribution >= 0.6 is 0 Å². The van der Waals surface area contributed by atoms with E-state index in [1.54, 1.807) is 18.3 Å². The molecule has 0 saturated heterocycles. The molecule has 0 fully saturated rings. The maximum atomic E-state index is 12.3. The molecule has 0 radical (unpaired) electrons. The van der Waals surface area contributed by atoms with Crippen molar-refractivity contribution in [3.63, 3.8) is 0 Å². The number of nitrogens with zero attached hydrogens (tertiary/aromatic N) is 1. The normalized spacial score (nSPS) is 10.1. The highest BCUT2D eigenvalue weighted by molar-refractivity contribution is 6.03. The van der Waals surface area contributed by atoms with Gasteiger partial charge in [0.15, 0.2) is 0 Å². The van der Waals surface area contributed by atoms with E-state index < -0.39 is 0 Å². The van der Waals surface area contributed by atoms with E-state index in [9.17, 15) is 9.59 Å². The highest BCUT2D eigenvalue weighted by atomic mass is 16.2. The van der Waals surface area contributed by atoms with Crippen molar-refractivity contribution in [1.29, 1.82) is 0 Å². The fraction of sp³-hybridized carbons (Fsp3) is 0.0952. The summed E-state index contributed by atoms with van der Waals surface area (Å²) < 4.78 is 0. The Morgan fingerprint density at radius 2 is 1.52 bits per heavy atom. The van der Waals surface area contributed by atoms with Crippen molar-refractivity contribution in [1.82, 2.24) is 4.98 Å². The molecule has 2 amide bonds. The maximum absolute atomic E-state index is 12.3. The van der Waals surface area contributed by atoms with Crippen molar-refractivity contribution in [2.45, 2.75) is 13.8 Å². The summed E-state index contributed by atoms with van der Waals surface area (Å²) in [5.41, 5.74) is 4.38. The summed E-state index contributed by atoms with van der Waals surface area (Å²) in [4.78, 5) is 27.7. The summed E-state index contributed by atoms with van der Waals surface area (Å²) in [5.74, 6) is -0.391. The zero-order valence-electron chi connectivity index (χ0n) is 15.1. The molecule has 0 atom stereocenters. The molecule has 27 heavy (non-hydrogen) atoms. The predicted octanol–water partition coefficient (Wildman–Crippen LogP) is 4.34. The molecular formula is C21H20N4O2. The molecule has 3 aromatic rings. The van der Waals surface area contributed by atoms with Crippen LogP contribution in [0.2, 0.25) is 0 Å². The lowest BCUT2D eigenvalue weighted by Gasteiger charge is -2.09. The Bertz CT molecular complexity index is 968. The van der Waals surface area contributed by atoms with Crippen LogP contribution in [0.4, 0.5) is 22.7 Å². The van der Waals surface area contributed by atoms with Gasteiger partial charge >= 0.3 is 0 Å². The molecule has 1 aromatic heterocycles. The topological polar surface area (TPSA) is 83.1 Å². The van der Waals surface area contributed by atoms with E-state index in [0.717, 1.165) is 22.6 Å². The van der Waals surface area contributed by atoms with E-state index in [0.29, 0.717) is 11.4 Å². The third-order valence-electron chi connectivity index (χ3n) is 3.74. The number of pyridine rings is 1. The van der Waals surface area contributed by atoms with Crippen LogP contribution in [-0.2, 0) is 4.79 Å². The van der Waals surface area contributed by atoms with Gasteiger partial charge in [-0.3, -0.25) is 9.59 Å². The van der Waals surface area contributed by atoms with Crippen LogP contribution in [0, 0.1) is 6.92 Å². The summed E-state index contributed by atoms with van der Waals surface area (Å²) in [6.45, 7) is 3.43. The van der Waals surface area contributed by atoms with Crippen molar-refractivity contribution < 1.29 is 9.59 Å². The molecule has 3 N–H and O–H groups in total. The molecule has 0 saturated carbocycles. The maximum Gasteiger partial charge on any atom is 0.274 e. The highest BCUT2D eigenvalue weighted by Crippen LogP contribution is 2.20. The molecule has 0 aliphatic carbocycles. The quantitative estimate of drug-likeness (QED) is 0.632. The standard InChI is InChI=1S/C21H20N4O2/c1-14-5-3-6-16(11-14)25-21(27)20-10-9-19(13-22-20)24-18-8-4-7-17(12-18)23-15(2)26/h3-13,24H,1-2H3,(H,23,26)(H,25,27). The second-order valence-corrected chi connectivity index (χ2v) is 6.14. The largest absolute Gasteiger partial charge is 0.354 e. The predicted molar refractivity (Wildman–Crippen MR) is 107 cm³/mol. The lowest BCUT2D eigenvalue weighted by Crippen LogP contribution is -2.13. The van der Waals surface area contributed by atoms with Gasteiger partial charge in [-0.05, 0) is 55.0 Å². The van der Waals surface area contributed by atoms with Crippen LogP contribution < -0.4 is 16.0 Å². The van der Waals surface area contributed by atoms with Gasteiger partial charge in [0.2, 0.25) is 5.91 Å². The Labute approximate surface area is 157 Å². The second-order valence-electron chi connectivity index (χ2n) is 6.14. The van der Waals surface area contributed by atoms with Crippen molar-refractivity contribution in [3.8, 4) is 0 Å². The van der Waals surface area contributed by atoms with E-state index in [1.165, 1.54) is 6.92 Å². The van der Waals surface area contributed by atoms with Gasteiger partial charge in [-0.2, -0.15) is 0 Å². The fourth-order valence-electron chi connectivity index (χ4n) is 2.56. The number of amides is 2. The minimum absolute atomic E-state index is 0.127. The number of nitrogens with one attached hydrogen (secondary N) is 3. The Hall–Kier alpha value is -3.67.